The molecule has 0 aromatic rings. The number of hydrogen-bond donors (Lipinski definition) is 2. The molecule has 0 bridgehead atoms. The van der Waals surface area contributed by atoms with E-state index in [0.29, 0.717) is 13.2 Å². The second-order valence-electron chi connectivity index (χ2n) is 4.28. The van der Waals surface area contributed by atoms with Crippen molar-refractivity contribution >= 4 is 5.91 Å². The molecule has 88 valence electrons. The molecule has 0 heterocycles. The number of rotatable bonds is 5. The normalized spacial score (nSPS) is 20.9. The Morgan fingerprint density at radius 3 is 2.40 bits per heavy atom. The van der Waals surface area contributed by atoms with Crippen LogP contribution in [0.4, 0.5) is 0 Å². The topological polar surface area (TPSA) is 64.3 Å². The van der Waals surface area contributed by atoms with Crippen LogP contribution >= 0.6 is 0 Å². The van der Waals surface area contributed by atoms with Crippen LogP contribution in [0.3, 0.4) is 0 Å². The highest BCUT2D eigenvalue weighted by Crippen LogP contribution is 2.26. The summed E-state index contributed by atoms with van der Waals surface area (Å²) in [6.07, 6.45) is 6.33. The van der Waals surface area contributed by atoms with E-state index >= 15 is 0 Å². The van der Waals surface area contributed by atoms with Crippen LogP contribution in [0.15, 0.2) is 0 Å². The molecular formula is C11H22N2O2. The van der Waals surface area contributed by atoms with Gasteiger partial charge in [-0.3, -0.25) is 4.79 Å². The van der Waals surface area contributed by atoms with Crippen molar-refractivity contribution < 1.29 is 9.53 Å². The number of nitrogens with one attached hydrogen (secondary N) is 1. The average Bonchev–Trinajstić information content (AvgIpc) is 2.45. The molecule has 0 radical (unpaired) electrons. The van der Waals surface area contributed by atoms with E-state index in [2.05, 4.69) is 5.32 Å². The van der Waals surface area contributed by atoms with Gasteiger partial charge in [-0.15, -0.1) is 0 Å². The number of amides is 1. The van der Waals surface area contributed by atoms with Crippen LogP contribution in [-0.4, -0.2) is 31.7 Å². The Kier molecular flexibility index (Phi) is 5.05. The van der Waals surface area contributed by atoms with Crippen molar-refractivity contribution in [1.29, 1.82) is 0 Å². The average molecular weight is 214 g/mol. The monoisotopic (exact) mass is 214 g/mol. The molecule has 0 aromatic heterocycles. The minimum Gasteiger partial charge on any atom is -0.383 e. The number of hydrogen-bond acceptors (Lipinski definition) is 3. The summed E-state index contributed by atoms with van der Waals surface area (Å²) < 4.78 is 4.97. The van der Waals surface area contributed by atoms with Gasteiger partial charge in [-0.1, -0.05) is 25.7 Å². The molecule has 1 fully saturated rings. The van der Waals surface area contributed by atoms with Crippen LogP contribution in [-0.2, 0) is 9.53 Å². The van der Waals surface area contributed by atoms with Crippen molar-refractivity contribution in [3.63, 3.8) is 0 Å². The summed E-state index contributed by atoms with van der Waals surface area (Å²) in [6, 6.07) is 0. The lowest BCUT2D eigenvalue weighted by molar-refractivity contribution is -0.125. The molecule has 0 unspecified atom stereocenters. The van der Waals surface area contributed by atoms with E-state index in [-0.39, 0.29) is 5.91 Å². The highest BCUT2D eigenvalue weighted by Gasteiger charge is 2.35. The van der Waals surface area contributed by atoms with Crippen LogP contribution in [0.25, 0.3) is 0 Å². The highest BCUT2D eigenvalue weighted by molar-refractivity contribution is 5.84. The van der Waals surface area contributed by atoms with Gasteiger partial charge in [0, 0.05) is 13.7 Å². The van der Waals surface area contributed by atoms with Gasteiger partial charge in [0.15, 0.2) is 0 Å². The molecular weight excluding hydrogens is 192 g/mol. The summed E-state index contributed by atoms with van der Waals surface area (Å²) >= 11 is 0. The standard InChI is InChI=1S/C11H22N2O2/c1-15-9-8-13-11(10(12)14)6-4-2-3-5-7-11/h13H,2-9H2,1H3,(H2,12,14). The van der Waals surface area contributed by atoms with Gasteiger partial charge in [-0.05, 0) is 12.8 Å². The molecule has 1 aliphatic carbocycles. The van der Waals surface area contributed by atoms with E-state index in [0.717, 1.165) is 25.7 Å². The van der Waals surface area contributed by atoms with Crippen molar-refractivity contribution in [1.82, 2.24) is 5.32 Å². The van der Waals surface area contributed by atoms with Crippen LogP contribution in [0, 0.1) is 0 Å². The highest BCUT2D eigenvalue weighted by atomic mass is 16.5. The number of primary amides is 1. The lowest BCUT2D eigenvalue weighted by atomic mass is 9.89. The Bertz CT molecular complexity index is 199. The van der Waals surface area contributed by atoms with Crippen LogP contribution in [0.5, 0.6) is 0 Å². The van der Waals surface area contributed by atoms with Crippen molar-refractivity contribution in [3.05, 3.63) is 0 Å². The van der Waals surface area contributed by atoms with E-state index in [9.17, 15) is 4.79 Å². The molecule has 1 rings (SSSR count). The lowest BCUT2D eigenvalue weighted by Crippen LogP contribution is -2.55. The smallest absolute Gasteiger partial charge is 0.237 e. The molecule has 3 N–H and O–H groups in total. The van der Waals surface area contributed by atoms with Gasteiger partial charge in [0.1, 0.15) is 0 Å². The fraction of sp³-hybridized carbons (Fsp3) is 0.909. The number of methoxy groups -OCH3 is 1. The lowest BCUT2D eigenvalue weighted by Gasteiger charge is -2.30. The summed E-state index contributed by atoms with van der Waals surface area (Å²) in [4.78, 5) is 11.5. The maximum Gasteiger partial charge on any atom is 0.237 e. The number of ether oxygens (including phenoxy) is 1. The van der Waals surface area contributed by atoms with E-state index in [1.165, 1.54) is 12.8 Å². The van der Waals surface area contributed by atoms with E-state index in [4.69, 9.17) is 10.5 Å². The van der Waals surface area contributed by atoms with E-state index < -0.39 is 5.54 Å². The molecule has 0 atom stereocenters. The third-order valence-corrected chi connectivity index (χ3v) is 3.20. The zero-order chi connectivity index (χ0) is 11.1. The van der Waals surface area contributed by atoms with Crippen molar-refractivity contribution in [2.24, 2.45) is 5.73 Å². The van der Waals surface area contributed by atoms with E-state index in [1.54, 1.807) is 7.11 Å². The SMILES string of the molecule is COCCNC1(C(N)=O)CCCCCC1. The van der Waals surface area contributed by atoms with Gasteiger partial charge in [0.2, 0.25) is 5.91 Å². The van der Waals surface area contributed by atoms with Gasteiger partial charge in [-0.2, -0.15) is 0 Å². The zero-order valence-corrected chi connectivity index (χ0v) is 9.55. The predicted octanol–water partition coefficient (Wildman–Crippen LogP) is 0.801. The van der Waals surface area contributed by atoms with E-state index in [1.807, 2.05) is 0 Å². The third kappa shape index (κ3) is 3.47. The van der Waals surface area contributed by atoms with Gasteiger partial charge in [0.05, 0.1) is 12.1 Å². The second kappa shape index (κ2) is 6.08. The summed E-state index contributed by atoms with van der Waals surface area (Å²) in [6.45, 7) is 1.31. The Morgan fingerprint density at radius 1 is 1.33 bits per heavy atom. The minimum atomic E-state index is -0.477. The quantitative estimate of drug-likeness (QED) is 0.525. The molecule has 0 saturated heterocycles. The fourth-order valence-electron chi connectivity index (χ4n) is 2.23. The van der Waals surface area contributed by atoms with Crippen LogP contribution < -0.4 is 11.1 Å². The first kappa shape index (κ1) is 12.5. The summed E-state index contributed by atoms with van der Waals surface area (Å²) in [5, 5.41) is 3.28. The van der Waals surface area contributed by atoms with Crippen molar-refractivity contribution in [2.45, 2.75) is 44.1 Å². The van der Waals surface area contributed by atoms with Crippen LogP contribution in [0.2, 0.25) is 0 Å². The largest absolute Gasteiger partial charge is 0.383 e. The molecule has 1 aliphatic rings. The first-order valence-corrected chi connectivity index (χ1v) is 5.75. The van der Waals surface area contributed by atoms with Crippen molar-refractivity contribution in [3.8, 4) is 0 Å². The second-order valence-corrected chi connectivity index (χ2v) is 4.28. The molecule has 4 heteroatoms. The van der Waals surface area contributed by atoms with Gasteiger partial charge in [-0.25, -0.2) is 0 Å². The number of carbonyl (C=O) groups is 1. The first-order chi connectivity index (χ1) is 7.21. The molecule has 1 amide bonds. The Labute approximate surface area is 91.5 Å². The zero-order valence-electron chi connectivity index (χ0n) is 9.55. The number of carbonyl (C=O) groups excluding carboxylic acids is 1. The van der Waals surface area contributed by atoms with Gasteiger partial charge >= 0.3 is 0 Å². The van der Waals surface area contributed by atoms with Gasteiger partial charge in [0.25, 0.3) is 0 Å². The Morgan fingerprint density at radius 2 is 1.93 bits per heavy atom. The molecule has 0 aromatic carbocycles. The van der Waals surface area contributed by atoms with Gasteiger partial charge < -0.3 is 15.8 Å². The third-order valence-electron chi connectivity index (χ3n) is 3.20. The van der Waals surface area contributed by atoms with Crippen molar-refractivity contribution in [2.75, 3.05) is 20.3 Å². The maximum atomic E-state index is 11.5. The first-order valence-electron chi connectivity index (χ1n) is 5.75. The minimum absolute atomic E-state index is 0.208. The predicted molar refractivity (Wildman–Crippen MR) is 59.5 cm³/mol. The molecule has 1 saturated carbocycles. The molecule has 15 heavy (non-hydrogen) atoms. The Hall–Kier alpha value is -0.610. The van der Waals surface area contributed by atoms with Crippen LogP contribution in [0.1, 0.15) is 38.5 Å². The number of nitrogens with two attached hydrogens (primary N) is 1. The molecule has 0 aliphatic heterocycles. The molecule has 4 nitrogen and oxygen atoms in total. The maximum absolute atomic E-state index is 11.5. The summed E-state index contributed by atoms with van der Waals surface area (Å²) in [7, 11) is 1.66. The Balaban J connectivity index is 2.55. The molecule has 0 spiro atoms. The fourth-order valence-corrected chi connectivity index (χ4v) is 2.23. The summed E-state index contributed by atoms with van der Waals surface area (Å²) in [5.74, 6) is -0.208. The summed E-state index contributed by atoms with van der Waals surface area (Å²) in [5.41, 5.74) is 5.03.